The highest BCUT2D eigenvalue weighted by Crippen LogP contribution is 2.25. The number of hydrogen-bond donors (Lipinski definition) is 1. The van der Waals surface area contributed by atoms with Crippen LogP contribution in [0, 0.1) is 13.8 Å². The van der Waals surface area contributed by atoms with E-state index >= 15 is 0 Å². The predicted molar refractivity (Wildman–Crippen MR) is 95.3 cm³/mol. The fourth-order valence-electron chi connectivity index (χ4n) is 3.69. The van der Waals surface area contributed by atoms with E-state index in [4.69, 9.17) is 4.42 Å². The number of likely N-dealkylation sites (tertiary alicyclic amines) is 1. The van der Waals surface area contributed by atoms with Crippen molar-refractivity contribution in [2.24, 2.45) is 0 Å². The molecule has 0 unspecified atom stereocenters. The van der Waals surface area contributed by atoms with Gasteiger partial charge in [0.2, 0.25) is 0 Å². The Labute approximate surface area is 142 Å². The van der Waals surface area contributed by atoms with E-state index < -0.39 is 0 Å². The first-order valence-electron chi connectivity index (χ1n) is 8.46. The standard InChI is InChI=1S/C19H26N2O3/c1-12-7-13(2)19-15(8-12)14(9-18(23)24-19)10-21-6-5-17(22)16(11-21)20(3)4/h7-9,16-17,22H,5-6,10-11H2,1-4H3/t16-,17-/m0/s1. The Morgan fingerprint density at radius 3 is 2.75 bits per heavy atom. The summed E-state index contributed by atoms with van der Waals surface area (Å²) in [6, 6.07) is 5.85. The molecule has 1 aromatic carbocycles. The van der Waals surface area contributed by atoms with Gasteiger partial charge in [0, 0.05) is 37.1 Å². The van der Waals surface area contributed by atoms with Gasteiger partial charge in [-0.25, -0.2) is 4.79 Å². The fraction of sp³-hybridized carbons (Fsp3) is 0.526. The van der Waals surface area contributed by atoms with E-state index in [9.17, 15) is 9.90 Å². The summed E-state index contributed by atoms with van der Waals surface area (Å²) in [7, 11) is 3.99. The molecular weight excluding hydrogens is 304 g/mol. The second-order valence-electron chi connectivity index (χ2n) is 7.17. The number of likely N-dealkylation sites (N-methyl/N-ethyl adjacent to an activating group) is 1. The summed E-state index contributed by atoms with van der Waals surface area (Å²) < 4.78 is 5.43. The van der Waals surface area contributed by atoms with Gasteiger partial charge in [-0.2, -0.15) is 0 Å². The summed E-state index contributed by atoms with van der Waals surface area (Å²) in [5, 5.41) is 11.2. The van der Waals surface area contributed by atoms with Gasteiger partial charge in [-0.3, -0.25) is 4.90 Å². The van der Waals surface area contributed by atoms with Crippen LogP contribution >= 0.6 is 0 Å². The molecule has 0 radical (unpaired) electrons. The van der Waals surface area contributed by atoms with Gasteiger partial charge in [-0.1, -0.05) is 6.07 Å². The van der Waals surface area contributed by atoms with Crippen LogP contribution in [0.5, 0.6) is 0 Å². The van der Waals surface area contributed by atoms with E-state index in [2.05, 4.69) is 22.8 Å². The molecule has 1 aliphatic heterocycles. The van der Waals surface area contributed by atoms with E-state index in [-0.39, 0.29) is 17.8 Å². The fourth-order valence-corrected chi connectivity index (χ4v) is 3.69. The first kappa shape index (κ1) is 17.1. The Bertz CT molecular complexity index is 797. The largest absolute Gasteiger partial charge is 0.422 e. The molecule has 5 heteroatoms. The Morgan fingerprint density at radius 2 is 2.04 bits per heavy atom. The van der Waals surface area contributed by atoms with E-state index in [1.165, 1.54) is 0 Å². The van der Waals surface area contributed by atoms with Crippen molar-refractivity contribution < 1.29 is 9.52 Å². The molecule has 0 amide bonds. The summed E-state index contributed by atoms with van der Waals surface area (Å²) in [4.78, 5) is 16.4. The molecule has 2 atom stereocenters. The maximum atomic E-state index is 12.0. The van der Waals surface area contributed by atoms with Gasteiger partial charge in [0.15, 0.2) is 0 Å². The molecule has 1 saturated heterocycles. The smallest absolute Gasteiger partial charge is 0.336 e. The third-order valence-electron chi connectivity index (χ3n) is 4.95. The summed E-state index contributed by atoms with van der Waals surface area (Å²) in [6.45, 7) is 6.35. The lowest BCUT2D eigenvalue weighted by Gasteiger charge is -2.39. The zero-order valence-corrected chi connectivity index (χ0v) is 14.9. The molecule has 2 aromatic rings. The molecule has 1 aromatic heterocycles. The van der Waals surface area contributed by atoms with Gasteiger partial charge >= 0.3 is 5.63 Å². The summed E-state index contributed by atoms with van der Waals surface area (Å²) in [5.74, 6) is 0. The van der Waals surface area contributed by atoms with Crippen LogP contribution in [0.4, 0.5) is 0 Å². The molecule has 24 heavy (non-hydrogen) atoms. The minimum absolute atomic E-state index is 0.119. The predicted octanol–water partition coefficient (Wildman–Crippen LogP) is 1.91. The van der Waals surface area contributed by atoms with E-state index in [1.807, 2.05) is 27.1 Å². The zero-order valence-electron chi connectivity index (χ0n) is 14.9. The lowest BCUT2D eigenvalue weighted by Crippen LogP contribution is -2.52. The van der Waals surface area contributed by atoms with E-state index in [0.717, 1.165) is 41.6 Å². The van der Waals surface area contributed by atoms with Crippen LogP contribution in [-0.2, 0) is 6.54 Å². The lowest BCUT2D eigenvalue weighted by molar-refractivity contribution is 0.00463. The minimum Gasteiger partial charge on any atom is -0.422 e. The SMILES string of the molecule is Cc1cc(C)c2oc(=O)cc(CN3CC[C@H](O)[C@@H](N(C)C)C3)c2c1. The average molecular weight is 330 g/mol. The summed E-state index contributed by atoms with van der Waals surface area (Å²) in [6.07, 6.45) is 0.457. The molecule has 1 N–H and O–H groups in total. The number of fused-ring (bicyclic) bond motifs is 1. The molecule has 0 aliphatic carbocycles. The second kappa shape index (κ2) is 6.67. The van der Waals surface area contributed by atoms with Gasteiger partial charge in [0.1, 0.15) is 5.58 Å². The Hall–Kier alpha value is -1.69. The minimum atomic E-state index is -0.300. The van der Waals surface area contributed by atoms with Crippen molar-refractivity contribution in [2.45, 2.75) is 39.0 Å². The summed E-state index contributed by atoms with van der Waals surface area (Å²) in [5.41, 5.74) is 3.54. The highest BCUT2D eigenvalue weighted by molar-refractivity contribution is 5.83. The van der Waals surface area contributed by atoms with Crippen molar-refractivity contribution in [3.63, 3.8) is 0 Å². The van der Waals surface area contributed by atoms with Gasteiger partial charge in [-0.05, 0) is 57.1 Å². The Morgan fingerprint density at radius 1 is 1.29 bits per heavy atom. The number of aliphatic hydroxyl groups excluding tert-OH is 1. The topological polar surface area (TPSA) is 56.9 Å². The maximum Gasteiger partial charge on any atom is 0.336 e. The maximum absolute atomic E-state index is 12.0. The van der Waals surface area contributed by atoms with Gasteiger partial charge in [-0.15, -0.1) is 0 Å². The van der Waals surface area contributed by atoms with Crippen molar-refractivity contribution in [1.82, 2.24) is 9.80 Å². The molecule has 0 bridgehead atoms. The molecule has 0 saturated carbocycles. The van der Waals surface area contributed by atoms with Crippen LogP contribution in [0.25, 0.3) is 11.0 Å². The summed E-state index contributed by atoms with van der Waals surface area (Å²) >= 11 is 0. The third kappa shape index (κ3) is 3.38. The van der Waals surface area contributed by atoms with Gasteiger partial charge < -0.3 is 14.4 Å². The zero-order chi connectivity index (χ0) is 17.4. The highest BCUT2D eigenvalue weighted by atomic mass is 16.4. The van der Waals surface area contributed by atoms with Crippen molar-refractivity contribution in [1.29, 1.82) is 0 Å². The van der Waals surface area contributed by atoms with Gasteiger partial charge in [0.05, 0.1) is 6.10 Å². The van der Waals surface area contributed by atoms with Crippen molar-refractivity contribution in [3.8, 4) is 0 Å². The molecule has 130 valence electrons. The number of benzene rings is 1. The number of aliphatic hydroxyl groups is 1. The molecule has 1 fully saturated rings. The molecule has 0 spiro atoms. The van der Waals surface area contributed by atoms with Crippen molar-refractivity contribution in [3.05, 3.63) is 45.3 Å². The molecule has 5 nitrogen and oxygen atoms in total. The van der Waals surface area contributed by atoms with Crippen LogP contribution in [0.2, 0.25) is 0 Å². The number of hydrogen-bond acceptors (Lipinski definition) is 5. The monoisotopic (exact) mass is 330 g/mol. The van der Waals surface area contributed by atoms with E-state index in [0.29, 0.717) is 12.1 Å². The van der Waals surface area contributed by atoms with Gasteiger partial charge in [0.25, 0.3) is 0 Å². The highest BCUT2D eigenvalue weighted by Gasteiger charge is 2.29. The molecular formula is C19H26N2O3. The Balaban J connectivity index is 1.94. The number of aryl methyl sites for hydroxylation is 2. The quantitative estimate of drug-likeness (QED) is 0.871. The Kier molecular flexibility index (Phi) is 4.76. The van der Waals surface area contributed by atoms with Crippen LogP contribution in [-0.4, -0.2) is 54.2 Å². The van der Waals surface area contributed by atoms with Crippen LogP contribution in [0.3, 0.4) is 0 Å². The molecule has 3 rings (SSSR count). The van der Waals surface area contributed by atoms with Crippen molar-refractivity contribution >= 4 is 11.0 Å². The molecule has 2 heterocycles. The first-order chi connectivity index (χ1) is 11.3. The first-order valence-corrected chi connectivity index (χ1v) is 8.46. The second-order valence-corrected chi connectivity index (χ2v) is 7.17. The van der Waals surface area contributed by atoms with Crippen LogP contribution in [0.15, 0.2) is 27.4 Å². The van der Waals surface area contributed by atoms with Crippen LogP contribution < -0.4 is 5.63 Å². The molecule has 1 aliphatic rings. The lowest BCUT2D eigenvalue weighted by atomic mass is 9.99. The van der Waals surface area contributed by atoms with E-state index in [1.54, 1.807) is 6.07 Å². The van der Waals surface area contributed by atoms with Crippen LogP contribution in [0.1, 0.15) is 23.1 Å². The number of piperidine rings is 1. The number of rotatable bonds is 3. The average Bonchev–Trinajstić information content (AvgIpc) is 2.50. The normalized spacial score (nSPS) is 22.4. The third-order valence-corrected chi connectivity index (χ3v) is 4.95. The number of nitrogens with zero attached hydrogens (tertiary/aromatic N) is 2. The van der Waals surface area contributed by atoms with Crippen molar-refractivity contribution in [2.75, 3.05) is 27.2 Å².